The number of nitrogens with one attached hydrogen (secondary N) is 1. The SMILES string of the molecule is Cc1nsc(SCC(=O)Nc2cccc(C#N)c2)n1. The van der Waals surface area contributed by atoms with Crippen LogP contribution in [0.1, 0.15) is 11.4 Å². The maximum absolute atomic E-state index is 11.7. The third-order valence-corrected chi connectivity index (χ3v) is 4.04. The highest BCUT2D eigenvalue weighted by Crippen LogP contribution is 2.20. The predicted molar refractivity (Wildman–Crippen MR) is 75.2 cm³/mol. The van der Waals surface area contributed by atoms with Crippen molar-refractivity contribution in [2.75, 3.05) is 11.1 Å². The van der Waals surface area contributed by atoms with Crippen molar-refractivity contribution in [3.05, 3.63) is 35.7 Å². The molecule has 0 spiro atoms. The van der Waals surface area contributed by atoms with E-state index in [2.05, 4.69) is 14.7 Å². The Morgan fingerprint density at radius 1 is 1.58 bits per heavy atom. The molecule has 0 unspecified atom stereocenters. The molecule has 0 saturated heterocycles. The van der Waals surface area contributed by atoms with Crippen LogP contribution in [-0.4, -0.2) is 21.0 Å². The minimum Gasteiger partial charge on any atom is -0.325 e. The first-order valence-electron chi connectivity index (χ1n) is 5.40. The van der Waals surface area contributed by atoms with Crippen molar-refractivity contribution >= 4 is 34.9 Å². The lowest BCUT2D eigenvalue weighted by Gasteiger charge is -2.04. The normalized spacial score (nSPS) is 9.89. The standard InChI is InChI=1S/C12H10N4OS2/c1-8-14-12(19-16-8)18-7-11(17)15-10-4-2-3-9(5-10)6-13/h2-5H,7H2,1H3,(H,15,17). The molecule has 7 heteroatoms. The van der Waals surface area contributed by atoms with Gasteiger partial charge in [-0.15, -0.1) is 0 Å². The third-order valence-electron chi connectivity index (χ3n) is 2.11. The Hall–Kier alpha value is -1.91. The zero-order valence-electron chi connectivity index (χ0n) is 10.1. The summed E-state index contributed by atoms with van der Waals surface area (Å²) in [6.07, 6.45) is 0. The van der Waals surface area contributed by atoms with Crippen molar-refractivity contribution in [3.63, 3.8) is 0 Å². The average molecular weight is 290 g/mol. The molecule has 96 valence electrons. The van der Waals surface area contributed by atoms with Gasteiger partial charge in [0.25, 0.3) is 0 Å². The molecule has 0 aliphatic rings. The topological polar surface area (TPSA) is 78.7 Å². The fraction of sp³-hybridized carbons (Fsp3) is 0.167. The molecule has 1 heterocycles. The number of nitriles is 1. The number of nitrogens with zero attached hydrogens (tertiary/aromatic N) is 3. The van der Waals surface area contributed by atoms with Gasteiger partial charge in [0, 0.05) is 5.69 Å². The second-order valence-electron chi connectivity index (χ2n) is 3.64. The van der Waals surface area contributed by atoms with Crippen LogP contribution in [0.2, 0.25) is 0 Å². The van der Waals surface area contributed by atoms with E-state index in [-0.39, 0.29) is 11.7 Å². The lowest BCUT2D eigenvalue weighted by atomic mass is 10.2. The van der Waals surface area contributed by atoms with Crippen molar-refractivity contribution in [3.8, 4) is 6.07 Å². The van der Waals surface area contributed by atoms with Crippen LogP contribution in [0.5, 0.6) is 0 Å². The van der Waals surface area contributed by atoms with Gasteiger partial charge in [0.05, 0.1) is 17.4 Å². The number of aromatic nitrogens is 2. The lowest BCUT2D eigenvalue weighted by molar-refractivity contribution is -0.113. The second-order valence-corrected chi connectivity index (χ2v) is 5.61. The number of carbonyl (C=O) groups excluding carboxylic acids is 1. The number of anilines is 1. The van der Waals surface area contributed by atoms with E-state index in [1.165, 1.54) is 23.3 Å². The number of hydrogen-bond donors (Lipinski definition) is 1. The Kier molecular flexibility index (Phi) is 4.49. The van der Waals surface area contributed by atoms with E-state index in [4.69, 9.17) is 5.26 Å². The van der Waals surface area contributed by atoms with Crippen LogP contribution in [-0.2, 0) is 4.79 Å². The number of amides is 1. The summed E-state index contributed by atoms with van der Waals surface area (Å²) in [6.45, 7) is 1.81. The Morgan fingerprint density at radius 3 is 3.11 bits per heavy atom. The van der Waals surface area contributed by atoms with E-state index in [1.54, 1.807) is 24.3 Å². The van der Waals surface area contributed by atoms with E-state index in [1.807, 2.05) is 13.0 Å². The molecule has 1 aromatic heterocycles. The zero-order chi connectivity index (χ0) is 13.7. The van der Waals surface area contributed by atoms with Gasteiger partial charge in [-0.2, -0.15) is 9.64 Å². The molecule has 2 rings (SSSR count). The molecular formula is C12H10N4OS2. The van der Waals surface area contributed by atoms with E-state index >= 15 is 0 Å². The van der Waals surface area contributed by atoms with Gasteiger partial charge in [-0.25, -0.2) is 4.98 Å². The Morgan fingerprint density at radius 2 is 2.42 bits per heavy atom. The number of thioether (sulfide) groups is 1. The Bertz CT molecular complexity index is 633. The third kappa shape index (κ3) is 4.05. The van der Waals surface area contributed by atoms with Gasteiger partial charge in [0.1, 0.15) is 5.82 Å². The molecule has 0 radical (unpaired) electrons. The predicted octanol–water partition coefficient (Wildman–Crippen LogP) is 2.45. The molecule has 0 aliphatic heterocycles. The fourth-order valence-electron chi connectivity index (χ4n) is 1.33. The van der Waals surface area contributed by atoms with Crippen LogP contribution in [0.25, 0.3) is 0 Å². The van der Waals surface area contributed by atoms with Crippen LogP contribution >= 0.6 is 23.3 Å². The van der Waals surface area contributed by atoms with Crippen molar-refractivity contribution in [1.82, 2.24) is 9.36 Å². The van der Waals surface area contributed by atoms with Gasteiger partial charge in [-0.3, -0.25) is 4.79 Å². The van der Waals surface area contributed by atoms with Crippen molar-refractivity contribution in [1.29, 1.82) is 5.26 Å². The number of rotatable bonds is 4. The van der Waals surface area contributed by atoms with Crippen LogP contribution in [0.4, 0.5) is 5.69 Å². The monoisotopic (exact) mass is 290 g/mol. The van der Waals surface area contributed by atoms with Crippen molar-refractivity contribution in [2.24, 2.45) is 0 Å². The number of hydrogen-bond acceptors (Lipinski definition) is 6. The molecule has 0 saturated carbocycles. The van der Waals surface area contributed by atoms with Crippen molar-refractivity contribution in [2.45, 2.75) is 11.3 Å². The first-order valence-corrected chi connectivity index (χ1v) is 7.16. The van der Waals surface area contributed by atoms with Crippen LogP contribution in [0.15, 0.2) is 28.6 Å². The molecular weight excluding hydrogens is 280 g/mol. The summed E-state index contributed by atoms with van der Waals surface area (Å²) >= 11 is 2.63. The summed E-state index contributed by atoms with van der Waals surface area (Å²) in [5, 5.41) is 11.5. The molecule has 0 atom stereocenters. The molecule has 0 bridgehead atoms. The second kappa shape index (κ2) is 6.31. The van der Waals surface area contributed by atoms with E-state index in [0.717, 1.165) is 10.2 Å². The van der Waals surface area contributed by atoms with Gasteiger partial charge in [-0.1, -0.05) is 17.8 Å². The van der Waals surface area contributed by atoms with Crippen LogP contribution < -0.4 is 5.32 Å². The summed E-state index contributed by atoms with van der Waals surface area (Å²) in [4.78, 5) is 15.9. The van der Waals surface area contributed by atoms with E-state index in [0.29, 0.717) is 11.3 Å². The van der Waals surface area contributed by atoms with Gasteiger partial charge < -0.3 is 5.32 Å². The maximum Gasteiger partial charge on any atom is 0.234 e. The Balaban J connectivity index is 1.89. The molecule has 1 N–H and O–H groups in total. The summed E-state index contributed by atoms with van der Waals surface area (Å²) < 4.78 is 4.82. The van der Waals surface area contributed by atoms with Gasteiger partial charge in [0.2, 0.25) is 5.91 Å². The quantitative estimate of drug-likeness (QED) is 0.875. The number of aryl methyl sites for hydroxylation is 1. The number of carbonyl (C=O) groups is 1. The van der Waals surface area contributed by atoms with Gasteiger partial charge in [0.15, 0.2) is 4.34 Å². The maximum atomic E-state index is 11.7. The summed E-state index contributed by atoms with van der Waals surface area (Å²) in [7, 11) is 0. The zero-order valence-corrected chi connectivity index (χ0v) is 11.7. The first kappa shape index (κ1) is 13.5. The van der Waals surface area contributed by atoms with Crippen LogP contribution in [0.3, 0.4) is 0 Å². The molecule has 0 fully saturated rings. The van der Waals surface area contributed by atoms with E-state index in [9.17, 15) is 4.79 Å². The Labute approximate surface area is 118 Å². The highest BCUT2D eigenvalue weighted by molar-refractivity contribution is 8.01. The highest BCUT2D eigenvalue weighted by Gasteiger charge is 2.07. The summed E-state index contributed by atoms with van der Waals surface area (Å²) in [5.41, 5.74) is 1.14. The molecule has 1 amide bonds. The summed E-state index contributed by atoms with van der Waals surface area (Å²) in [5.74, 6) is 0.855. The fourth-order valence-corrected chi connectivity index (χ4v) is 2.77. The van der Waals surface area contributed by atoms with Gasteiger partial charge in [-0.05, 0) is 36.7 Å². The number of benzene rings is 1. The van der Waals surface area contributed by atoms with Crippen molar-refractivity contribution < 1.29 is 4.79 Å². The molecule has 19 heavy (non-hydrogen) atoms. The molecule has 1 aromatic carbocycles. The highest BCUT2D eigenvalue weighted by atomic mass is 32.2. The average Bonchev–Trinajstić information content (AvgIpc) is 2.82. The van der Waals surface area contributed by atoms with Gasteiger partial charge >= 0.3 is 0 Å². The molecule has 0 aliphatic carbocycles. The molecule has 2 aromatic rings. The largest absolute Gasteiger partial charge is 0.325 e. The minimum absolute atomic E-state index is 0.132. The lowest BCUT2D eigenvalue weighted by Crippen LogP contribution is -2.13. The van der Waals surface area contributed by atoms with E-state index < -0.39 is 0 Å². The minimum atomic E-state index is -0.132. The smallest absolute Gasteiger partial charge is 0.234 e. The summed E-state index contributed by atoms with van der Waals surface area (Å²) in [6, 6.07) is 8.83. The van der Waals surface area contributed by atoms with Crippen LogP contribution in [0, 0.1) is 18.3 Å². The first-order chi connectivity index (χ1) is 9.17. The molecule has 5 nitrogen and oxygen atoms in total.